The van der Waals surface area contributed by atoms with E-state index in [0.717, 1.165) is 41.5 Å². The average molecular weight is 361 g/mol. The molecular weight excluding hydrogens is 338 g/mol. The van der Waals surface area contributed by atoms with Gasteiger partial charge in [-0.15, -0.1) is 0 Å². The number of aromatic nitrogens is 3. The van der Waals surface area contributed by atoms with Crippen LogP contribution in [0.25, 0.3) is 10.9 Å². The molecule has 2 bridgehead atoms. The molecule has 2 fully saturated rings. The van der Waals surface area contributed by atoms with E-state index in [1.807, 2.05) is 36.7 Å². The molecule has 27 heavy (non-hydrogen) atoms. The minimum Gasteiger partial charge on any atom is -0.361 e. The van der Waals surface area contributed by atoms with Crippen molar-refractivity contribution in [3.05, 3.63) is 60.3 Å². The smallest absolute Gasteiger partial charge is 0.251 e. The van der Waals surface area contributed by atoms with Crippen molar-refractivity contribution in [3.63, 3.8) is 0 Å². The topological polar surface area (TPSA) is 73.9 Å². The van der Waals surface area contributed by atoms with E-state index in [2.05, 4.69) is 25.2 Å². The number of carbonyl (C=O) groups excluding carboxylic acids is 1. The fraction of sp³-hybridized carbons (Fsp3) is 0.381. The first kappa shape index (κ1) is 16.4. The maximum absolute atomic E-state index is 12.7. The van der Waals surface area contributed by atoms with Crippen molar-refractivity contribution in [3.8, 4) is 0 Å². The van der Waals surface area contributed by atoms with Crippen molar-refractivity contribution in [1.82, 2.24) is 25.2 Å². The molecule has 2 aliphatic heterocycles. The first-order valence-electron chi connectivity index (χ1n) is 9.65. The van der Waals surface area contributed by atoms with Crippen LogP contribution in [0.1, 0.15) is 41.7 Å². The average Bonchev–Trinajstić information content (AvgIpc) is 3.24. The van der Waals surface area contributed by atoms with Crippen LogP contribution in [-0.2, 0) is 6.54 Å². The second-order valence-corrected chi connectivity index (χ2v) is 7.68. The Bertz CT molecular complexity index is 939. The van der Waals surface area contributed by atoms with Crippen LogP contribution in [-0.4, -0.2) is 43.9 Å². The van der Waals surface area contributed by atoms with Crippen LogP contribution in [0, 0.1) is 0 Å². The number of nitrogens with one attached hydrogen (secondary N) is 2. The summed E-state index contributed by atoms with van der Waals surface area (Å²) in [5, 5.41) is 4.40. The van der Waals surface area contributed by atoms with Crippen LogP contribution in [0.2, 0.25) is 0 Å². The van der Waals surface area contributed by atoms with Gasteiger partial charge in [0.05, 0.1) is 5.69 Å². The molecule has 6 nitrogen and oxygen atoms in total. The van der Waals surface area contributed by atoms with Gasteiger partial charge in [0.25, 0.3) is 5.91 Å². The van der Waals surface area contributed by atoms with Gasteiger partial charge in [-0.1, -0.05) is 6.07 Å². The van der Waals surface area contributed by atoms with Crippen LogP contribution < -0.4 is 5.32 Å². The third-order valence-electron chi connectivity index (χ3n) is 6.00. The van der Waals surface area contributed by atoms with Crippen molar-refractivity contribution >= 4 is 16.8 Å². The molecule has 4 heterocycles. The van der Waals surface area contributed by atoms with Crippen LogP contribution in [0.5, 0.6) is 0 Å². The lowest BCUT2D eigenvalue weighted by molar-refractivity contribution is 0.0824. The number of piperidine rings is 1. The summed E-state index contributed by atoms with van der Waals surface area (Å²) < 4.78 is 0. The monoisotopic (exact) mass is 361 g/mol. The minimum atomic E-state index is 0.0262. The third kappa shape index (κ3) is 3.21. The van der Waals surface area contributed by atoms with Gasteiger partial charge in [0.15, 0.2) is 0 Å². The van der Waals surface area contributed by atoms with Gasteiger partial charge in [-0.3, -0.25) is 19.7 Å². The van der Waals surface area contributed by atoms with Gasteiger partial charge in [-0.25, -0.2) is 0 Å². The molecule has 6 heteroatoms. The summed E-state index contributed by atoms with van der Waals surface area (Å²) in [5.41, 5.74) is 2.75. The van der Waals surface area contributed by atoms with Gasteiger partial charge in [-0.05, 0) is 49.3 Å². The Morgan fingerprint density at radius 2 is 2.04 bits per heavy atom. The highest BCUT2D eigenvalue weighted by atomic mass is 16.1. The van der Waals surface area contributed by atoms with Gasteiger partial charge < -0.3 is 10.3 Å². The van der Waals surface area contributed by atoms with Crippen molar-refractivity contribution in [2.75, 3.05) is 0 Å². The fourth-order valence-electron chi connectivity index (χ4n) is 4.71. The Kier molecular flexibility index (Phi) is 4.13. The molecule has 2 aromatic heterocycles. The van der Waals surface area contributed by atoms with Gasteiger partial charge in [0, 0.05) is 60.5 Å². The predicted octanol–water partition coefficient (Wildman–Crippen LogP) is 2.88. The number of nitrogens with zero attached hydrogens (tertiary/aromatic N) is 3. The molecule has 0 radical (unpaired) electrons. The summed E-state index contributed by atoms with van der Waals surface area (Å²) in [5.74, 6) is 0.0262. The molecule has 138 valence electrons. The maximum Gasteiger partial charge on any atom is 0.251 e. The van der Waals surface area contributed by atoms with Crippen LogP contribution in [0.15, 0.2) is 49.1 Å². The van der Waals surface area contributed by atoms with E-state index in [4.69, 9.17) is 0 Å². The molecule has 2 N–H and O–H groups in total. The van der Waals surface area contributed by atoms with Gasteiger partial charge in [0.1, 0.15) is 0 Å². The lowest BCUT2D eigenvalue weighted by Gasteiger charge is -2.39. The molecule has 0 saturated carbocycles. The molecule has 1 amide bonds. The highest BCUT2D eigenvalue weighted by Crippen LogP contribution is 2.36. The van der Waals surface area contributed by atoms with Gasteiger partial charge >= 0.3 is 0 Å². The highest BCUT2D eigenvalue weighted by molar-refractivity contribution is 5.98. The summed E-state index contributed by atoms with van der Waals surface area (Å²) in [6.45, 7) is 0.854. The van der Waals surface area contributed by atoms with Gasteiger partial charge in [-0.2, -0.15) is 0 Å². The zero-order valence-corrected chi connectivity index (χ0v) is 15.1. The molecule has 0 aliphatic carbocycles. The summed E-state index contributed by atoms with van der Waals surface area (Å²) in [6, 6.07) is 9.12. The Hall–Kier alpha value is -2.73. The lowest BCUT2D eigenvalue weighted by Crippen LogP contribution is -2.50. The summed E-state index contributed by atoms with van der Waals surface area (Å²) >= 11 is 0. The molecule has 1 aromatic carbocycles. The second kappa shape index (κ2) is 6.78. The summed E-state index contributed by atoms with van der Waals surface area (Å²) in [7, 11) is 0. The highest BCUT2D eigenvalue weighted by Gasteiger charge is 2.41. The van der Waals surface area contributed by atoms with E-state index in [-0.39, 0.29) is 11.9 Å². The van der Waals surface area contributed by atoms with Crippen molar-refractivity contribution in [1.29, 1.82) is 0 Å². The Morgan fingerprint density at radius 1 is 1.19 bits per heavy atom. The molecule has 3 aromatic rings. The maximum atomic E-state index is 12.7. The number of benzene rings is 1. The molecule has 1 unspecified atom stereocenters. The Balaban J connectivity index is 1.25. The number of rotatable bonds is 4. The predicted molar refractivity (Wildman–Crippen MR) is 103 cm³/mol. The number of hydrogen-bond acceptors (Lipinski definition) is 4. The first-order valence-corrected chi connectivity index (χ1v) is 9.65. The first-order chi connectivity index (χ1) is 13.3. The number of H-pyrrole nitrogens is 1. The van der Waals surface area contributed by atoms with Crippen LogP contribution in [0.4, 0.5) is 0 Å². The van der Waals surface area contributed by atoms with E-state index in [1.165, 1.54) is 12.8 Å². The Morgan fingerprint density at radius 3 is 2.81 bits per heavy atom. The summed E-state index contributed by atoms with van der Waals surface area (Å²) in [4.78, 5) is 27.1. The molecular formula is C21H23N5O. The van der Waals surface area contributed by atoms with E-state index >= 15 is 0 Å². The lowest BCUT2D eigenvalue weighted by atomic mass is 9.96. The Labute approximate surface area is 158 Å². The number of fused-ring (bicyclic) bond motifs is 3. The second-order valence-electron chi connectivity index (χ2n) is 7.68. The quantitative estimate of drug-likeness (QED) is 0.749. The van der Waals surface area contributed by atoms with E-state index < -0.39 is 0 Å². The molecule has 5 rings (SSSR count). The minimum absolute atomic E-state index is 0.0262. The fourth-order valence-corrected chi connectivity index (χ4v) is 4.71. The number of carbonyl (C=O) groups is 1. The zero-order chi connectivity index (χ0) is 18.2. The molecule has 3 atom stereocenters. The molecule has 2 saturated heterocycles. The third-order valence-corrected chi connectivity index (χ3v) is 6.00. The van der Waals surface area contributed by atoms with Crippen molar-refractivity contribution in [2.24, 2.45) is 0 Å². The summed E-state index contributed by atoms with van der Waals surface area (Å²) in [6.07, 6.45) is 11.6. The SMILES string of the molecule is O=C(NC1C[C@H]2CC[C@@H](C1)N2Cc1cnccn1)c1ccc2cc[nH]c2c1. The number of amides is 1. The molecule has 2 aliphatic rings. The van der Waals surface area contributed by atoms with Crippen LogP contribution in [0.3, 0.4) is 0 Å². The van der Waals surface area contributed by atoms with E-state index in [9.17, 15) is 4.79 Å². The van der Waals surface area contributed by atoms with Crippen molar-refractivity contribution < 1.29 is 4.79 Å². The number of aromatic amines is 1. The van der Waals surface area contributed by atoms with Gasteiger partial charge in [0.2, 0.25) is 0 Å². The standard InChI is InChI=1S/C21H23N5O/c27-21(15-2-1-14-5-6-24-20(14)9-15)25-16-10-18-3-4-19(11-16)26(18)13-17-12-22-7-8-23-17/h1-2,5-9,12,16,18-19,24H,3-4,10-11,13H2,(H,25,27)/t16?,18-,19+. The number of hydrogen-bond donors (Lipinski definition) is 2. The zero-order valence-electron chi connectivity index (χ0n) is 15.1. The van der Waals surface area contributed by atoms with Crippen molar-refractivity contribution in [2.45, 2.75) is 50.4 Å². The largest absolute Gasteiger partial charge is 0.361 e. The molecule has 0 spiro atoms. The van der Waals surface area contributed by atoms with Crippen LogP contribution >= 0.6 is 0 Å². The normalized spacial score (nSPS) is 25.0. The van der Waals surface area contributed by atoms with E-state index in [1.54, 1.807) is 12.4 Å². The van der Waals surface area contributed by atoms with E-state index in [0.29, 0.717) is 12.1 Å².